The Morgan fingerprint density at radius 2 is 1.89 bits per heavy atom. The Morgan fingerprint density at radius 3 is 2.44 bits per heavy atom. The Kier molecular flexibility index (Phi) is 5.14. The molecule has 8 nitrogen and oxygen atoms in total. The molecule has 0 amide bonds. The van der Waals surface area contributed by atoms with Crippen molar-refractivity contribution in [1.29, 1.82) is 0 Å². The molecule has 0 aliphatic carbocycles. The second-order valence-electron chi connectivity index (χ2n) is 6.23. The third kappa shape index (κ3) is 3.28. The van der Waals surface area contributed by atoms with Crippen molar-refractivity contribution >= 4 is 36.9 Å². The molecule has 1 aromatic carbocycles. The summed E-state index contributed by atoms with van der Waals surface area (Å²) in [5.41, 5.74) is 0.292. The minimum Gasteiger partial charge on any atom is -0.258 e. The van der Waals surface area contributed by atoms with E-state index in [9.17, 15) is 26.9 Å². The zero-order valence-corrected chi connectivity index (χ0v) is 17.1. The second-order valence-corrected chi connectivity index (χ2v) is 11.6. The van der Waals surface area contributed by atoms with Gasteiger partial charge in [0.15, 0.2) is 9.84 Å². The van der Waals surface area contributed by atoms with Gasteiger partial charge in [-0.25, -0.2) is 16.8 Å². The van der Waals surface area contributed by atoms with Crippen LogP contribution in [0.1, 0.15) is 31.9 Å². The molecule has 2 atom stereocenters. The highest BCUT2D eigenvalue weighted by molar-refractivity contribution is 7.94. The van der Waals surface area contributed by atoms with Gasteiger partial charge < -0.3 is 0 Å². The van der Waals surface area contributed by atoms with Crippen LogP contribution in [0.3, 0.4) is 0 Å². The third-order valence-corrected chi connectivity index (χ3v) is 10.4. The third-order valence-electron chi connectivity index (χ3n) is 4.67. The van der Waals surface area contributed by atoms with Gasteiger partial charge in [-0.2, -0.15) is 4.31 Å². The van der Waals surface area contributed by atoms with Crippen molar-refractivity contribution in [2.45, 2.75) is 40.7 Å². The van der Waals surface area contributed by atoms with Gasteiger partial charge in [0, 0.05) is 18.7 Å². The van der Waals surface area contributed by atoms with Crippen molar-refractivity contribution in [3.05, 3.63) is 51.4 Å². The van der Waals surface area contributed by atoms with Crippen LogP contribution in [-0.4, -0.2) is 37.9 Å². The van der Waals surface area contributed by atoms with E-state index in [4.69, 9.17) is 0 Å². The van der Waals surface area contributed by atoms with E-state index in [-0.39, 0.29) is 27.8 Å². The van der Waals surface area contributed by atoms with Crippen LogP contribution in [-0.2, 0) is 19.9 Å². The first kappa shape index (κ1) is 19.9. The number of nitrogens with zero attached hydrogens (tertiary/aromatic N) is 2. The summed E-state index contributed by atoms with van der Waals surface area (Å²) >= 11 is 1.09. The van der Waals surface area contributed by atoms with Crippen LogP contribution >= 0.6 is 11.3 Å². The molecule has 3 rings (SSSR count). The van der Waals surface area contributed by atoms with Gasteiger partial charge >= 0.3 is 0 Å². The average molecular weight is 431 g/mol. The van der Waals surface area contributed by atoms with Crippen molar-refractivity contribution in [2.24, 2.45) is 0 Å². The number of sulfonamides is 1. The van der Waals surface area contributed by atoms with Gasteiger partial charge in [-0.15, -0.1) is 11.3 Å². The van der Waals surface area contributed by atoms with Gasteiger partial charge in [-0.1, -0.05) is 6.92 Å². The normalized spacial score (nSPS) is 21.7. The number of fused-ring (bicyclic) bond motifs is 1. The van der Waals surface area contributed by atoms with E-state index in [1.807, 2.05) is 0 Å². The molecule has 0 radical (unpaired) electrons. The Hall–Kier alpha value is -1.82. The topological polar surface area (TPSA) is 115 Å². The predicted molar refractivity (Wildman–Crippen MR) is 101 cm³/mol. The summed E-state index contributed by atoms with van der Waals surface area (Å²) in [5, 5.41) is 11.7. The highest BCUT2D eigenvalue weighted by atomic mass is 32.2. The average Bonchev–Trinajstić information content (AvgIpc) is 3.11. The van der Waals surface area contributed by atoms with E-state index in [1.165, 1.54) is 16.4 Å². The van der Waals surface area contributed by atoms with E-state index >= 15 is 0 Å². The van der Waals surface area contributed by atoms with Gasteiger partial charge in [-0.05, 0) is 42.5 Å². The van der Waals surface area contributed by atoms with Crippen molar-refractivity contribution in [3.63, 3.8) is 0 Å². The minimum absolute atomic E-state index is 0.0622. The molecule has 0 fully saturated rings. The molecule has 1 aliphatic rings. The molecule has 1 aromatic heterocycles. The highest BCUT2D eigenvalue weighted by Crippen LogP contribution is 2.44. The van der Waals surface area contributed by atoms with Gasteiger partial charge in [0.25, 0.3) is 5.69 Å². The molecule has 27 heavy (non-hydrogen) atoms. The number of nitro groups is 1. The fourth-order valence-electron chi connectivity index (χ4n) is 3.24. The van der Waals surface area contributed by atoms with E-state index in [2.05, 4.69) is 0 Å². The molecule has 2 unspecified atom stereocenters. The second kappa shape index (κ2) is 6.97. The lowest BCUT2D eigenvalue weighted by Crippen LogP contribution is -2.40. The molecule has 2 aromatic rings. The summed E-state index contributed by atoms with van der Waals surface area (Å²) in [6.07, 6.45) is 0.159. The highest BCUT2D eigenvalue weighted by Gasteiger charge is 2.42. The Morgan fingerprint density at radius 1 is 1.26 bits per heavy atom. The summed E-state index contributed by atoms with van der Waals surface area (Å²) in [6.45, 7) is 3.41. The fraction of sp³-hybridized carbons (Fsp3) is 0.375. The van der Waals surface area contributed by atoms with Crippen LogP contribution < -0.4 is 0 Å². The predicted octanol–water partition coefficient (Wildman–Crippen LogP) is 2.97. The Balaban J connectivity index is 2.05. The van der Waals surface area contributed by atoms with Crippen molar-refractivity contribution in [2.75, 3.05) is 6.54 Å². The summed E-state index contributed by atoms with van der Waals surface area (Å²) in [6, 6.07) is 5.74. The van der Waals surface area contributed by atoms with Crippen LogP contribution in [0, 0.1) is 10.1 Å². The molecule has 1 aliphatic heterocycles. The zero-order valence-electron chi connectivity index (χ0n) is 14.6. The van der Waals surface area contributed by atoms with Gasteiger partial charge in [0.05, 0.1) is 21.1 Å². The van der Waals surface area contributed by atoms with Crippen molar-refractivity contribution in [3.8, 4) is 0 Å². The molecule has 2 heterocycles. The number of thiophene rings is 1. The fourth-order valence-corrected chi connectivity index (χ4v) is 8.07. The Bertz CT molecular complexity index is 1070. The van der Waals surface area contributed by atoms with Crippen LogP contribution in [0.2, 0.25) is 0 Å². The lowest BCUT2D eigenvalue weighted by atomic mass is 10.1. The molecule has 11 heteroatoms. The van der Waals surface area contributed by atoms with E-state index < -0.39 is 36.1 Å². The number of benzene rings is 1. The SMILES string of the molecule is CCN(C1CC(C)S(=O)(=O)c2sccc21)S(=O)(=O)c1ccc([N+](=O)[O-])cc1. The maximum absolute atomic E-state index is 13.2. The minimum atomic E-state index is -3.95. The molecule has 146 valence electrons. The smallest absolute Gasteiger partial charge is 0.258 e. The van der Waals surface area contributed by atoms with Crippen LogP contribution in [0.4, 0.5) is 5.69 Å². The lowest BCUT2D eigenvalue weighted by Gasteiger charge is -2.35. The van der Waals surface area contributed by atoms with Gasteiger partial charge in [-0.3, -0.25) is 10.1 Å². The number of hydrogen-bond acceptors (Lipinski definition) is 7. The maximum Gasteiger partial charge on any atom is 0.269 e. The molecular weight excluding hydrogens is 412 g/mol. The number of rotatable bonds is 5. The first-order valence-electron chi connectivity index (χ1n) is 8.18. The van der Waals surface area contributed by atoms with Crippen LogP contribution in [0.25, 0.3) is 0 Å². The monoisotopic (exact) mass is 430 g/mol. The van der Waals surface area contributed by atoms with E-state index in [1.54, 1.807) is 25.3 Å². The molecule has 0 saturated carbocycles. The summed E-state index contributed by atoms with van der Waals surface area (Å²) in [4.78, 5) is 10.1. The first-order valence-corrected chi connectivity index (χ1v) is 12.0. The summed E-state index contributed by atoms with van der Waals surface area (Å²) in [7, 11) is -7.41. The van der Waals surface area contributed by atoms with E-state index in [0.29, 0.717) is 5.56 Å². The molecule has 0 saturated heterocycles. The quantitative estimate of drug-likeness (QED) is 0.532. The van der Waals surface area contributed by atoms with E-state index in [0.717, 1.165) is 23.5 Å². The van der Waals surface area contributed by atoms with Crippen molar-refractivity contribution in [1.82, 2.24) is 4.31 Å². The van der Waals surface area contributed by atoms with Crippen molar-refractivity contribution < 1.29 is 21.8 Å². The number of hydrogen-bond donors (Lipinski definition) is 0. The Labute approximate surface area is 161 Å². The first-order chi connectivity index (χ1) is 12.6. The number of sulfone groups is 1. The molecular formula is C16H18N2O6S3. The largest absolute Gasteiger partial charge is 0.269 e. The number of nitro benzene ring substituents is 1. The van der Waals surface area contributed by atoms with Gasteiger partial charge in [0.2, 0.25) is 10.0 Å². The maximum atomic E-state index is 13.2. The van der Waals surface area contributed by atoms with Crippen LogP contribution in [0.15, 0.2) is 44.8 Å². The summed E-state index contributed by atoms with van der Waals surface area (Å²) in [5.74, 6) is 0. The van der Waals surface area contributed by atoms with Crippen LogP contribution in [0.5, 0.6) is 0 Å². The summed E-state index contributed by atoms with van der Waals surface area (Å²) < 4.78 is 52.8. The lowest BCUT2D eigenvalue weighted by molar-refractivity contribution is -0.384. The molecule has 0 bridgehead atoms. The number of non-ortho nitro benzene ring substituents is 1. The standard InChI is InChI=1S/C16H18N2O6S3/c1-3-17(27(23,24)13-6-4-12(5-7-13)18(19)20)15-10-11(2)26(21,22)16-14(15)8-9-25-16/h4-9,11,15H,3,10H2,1-2H3. The van der Waals surface area contributed by atoms with Gasteiger partial charge in [0.1, 0.15) is 4.21 Å². The molecule has 0 N–H and O–H groups in total. The zero-order chi connectivity index (χ0) is 20.0. The molecule has 0 spiro atoms.